The molecule has 138 valence electrons. The molecule has 5 N–H and O–H groups in total. The number of para-hydroxylation sites is 1. The van der Waals surface area contributed by atoms with Crippen LogP contribution in [0.5, 0.6) is 0 Å². The third-order valence-electron chi connectivity index (χ3n) is 4.18. The lowest BCUT2D eigenvalue weighted by Crippen LogP contribution is -2.34. The van der Waals surface area contributed by atoms with Gasteiger partial charge in [-0.25, -0.2) is 9.55 Å². The van der Waals surface area contributed by atoms with Crippen LogP contribution >= 0.6 is 0 Å². The van der Waals surface area contributed by atoms with Crippen molar-refractivity contribution in [1.29, 1.82) is 0 Å². The van der Waals surface area contributed by atoms with Crippen LogP contribution < -0.4 is 17.0 Å². The van der Waals surface area contributed by atoms with E-state index in [9.17, 15) is 14.4 Å². The van der Waals surface area contributed by atoms with Gasteiger partial charge in [-0.3, -0.25) is 14.4 Å². The minimum Gasteiger partial charge on any atom is -0.480 e. The molecule has 27 heavy (non-hydrogen) atoms. The Balaban J connectivity index is 2.13. The smallest absolute Gasteiger partial charge is 0.320 e. The number of nitrogen functional groups attached to an aromatic ring is 1. The zero-order valence-electron chi connectivity index (χ0n) is 14.3. The predicted octanol–water partition coefficient (Wildman–Crippen LogP) is 1.48. The summed E-state index contributed by atoms with van der Waals surface area (Å²) in [5, 5.41) is 9.19. The summed E-state index contributed by atoms with van der Waals surface area (Å²) in [6.07, 6.45) is -0.288. The molecule has 0 spiro atoms. The van der Waals surface area contributed by atoms with E-state index in [4.69, 9.17) is 16.6 Å². The van der Waals surface area contributed by atoms with Gasteiger partial charge in [0.05, 0.1) is 10.9 Å². The first-order valence-corrected chi connectivity index (χ1v) is 8.28. The fraction of sp³-hybridized carbons (Fsp3) is 0.158. The predicted molar refractivity (Wildman–Crippen MR) is 101 cm³/mol. The van der Waals surface area contributed by atoms with Crippen LogP contribution in [-0.4, -0.2) is 32.6 Å². The molecule has 0 aliphatic heterocycles. The lowest BCUT2D eigenvalue weighted by atomic mass is 10.1. The second-order valence-corrected chi connectivity index (χ2v) is 6.09. The largest absolute Gasteiger partial charge is 0.480 e. The first-order chi connectivity index (χ1) is 12.9. The number of fused-ring (bicyclic) bond motifs is 1. The maximum atomic E-state index is 12.9. The van der Waals surface area contributed by atoms with Crippen molar-refractivity contribution >= 4 is 28.5 Å². The molecular weight excluding hydrogens is 348 g/mol. The van der Waals surface area contributed by atoms with E-state index in [1.54, 1.807) is 48.5 Å². The molecule has 0 saturated heterocycles. The summed E-state index contributed by atoms with van der Waals surface area (Å²) >= 11 is 0. The van der Waals surface area contributed by atoms with E-state index in [-0.39, 0.29) is 18.7 Å². The van der Waals surface area contributed by atoms with Gasteiger partial charge in [-0.1, -0.05) is 12.1 Å². The summed E-state index contributed by atoms with van der Waals surface area (Å²) in [6.45, 7) is 0. The van der Waals surface area contributed by atoms with Crippen molar-refractivity contribution in [1.82, 2.24) is 9.55 Å². The first kappa shape index (κ1) is 18.3. The van der Waals surface area contributed by atoms with Crippen molar-refractivity contribution in [3.63, 3.8) is 0 Å². The number of carbonyl (C=O) groups is 2. The van der Waals surface area contributed by atoms with Gasteiger partial charge < -0.3 is 16.6 Å². The molecule has 8 nitrogen and oxygen atoms in total. The number of carbonyl (C=O) groups excluding carboxylic acids is 1. The molecule has 3 aromatic rings. The Bertz CT molecular complexity index is 1070. The fourth-order valence-corrected chi connectivity index (χ4v) is 2.70. The molecule has 0 radical (unpaired) electrons. The van der Waals surface area contributed by atoms with Crippen LogP contribution in [0.15, 0.2) is 53.3 Å². The molecule has 0 amide bonds. The molecule has 1 atom stereocenters. The van der Waals surface area contributed by atoms with E-state index in [0.717, 1.165) is 4.57 Å². The van der Waals surface area contributed by atoms with Crippen molar-refractivity contribution in [2.45, 2.75) is 18.9 Å². The number of benzene rings is 2. The molecule has 0 saturated carbocycles. The van der Waals surface area contributed by atoms with E-state index in [1.165, 1.54) is 0 Å². The Morgan fingerprint density at radius 1 is 1.11 bits per heavy atom. The maximum Gasteiger partial charge on any atom is 0.320 e. The van der Waals surface area contributed by atoms with Crippen molar-refractivity contribution in [3.05, 3.63) is 58.9 Å². The van der Waals surface area contributed by atoms with Gasteiger partial charge >= 0.3 is 5.97 Å². The van der Waals surface area contributed by atoms with E-state index in [0.29, 0.717) is 22.2 Å². The highest BCUT2D eigenvalue weighted by atomic mass is 16.4. The van der Waals surface area contributed by atoms with Crippen LogP contribution in [0.2, 0.25) is 0 Å². The number of rotatable bonds is 5. The van der Waals surface area contributed by atoms with Gasteiger partial charge in [0.1, 0.15) is 11.9 Å². The van der Waals surface area contributed by atoms with Gasteiger partial charge in [0.2, 0.25) is 5.91 Å². The zero-order chi connectivity index (χ0) is 19.6. The topological polar surface area (TPSA) is 141 Å². The van der Waals surface area contributed by atoms with Crippen LogP contribution in [0, 0.1) is 0 Å². The number of carboxylic acids is 1. The Hall–Kier alpha value is -3.52. The van der Waals surface area contributed by atoms with Gasteiger partial charge in [-0.2, -0.15) is 0 Å². The highest BCUT2D eigenvalue weighted by molar-refractivity contribution is 5.89. The molecule has 1 unspecified atom stereocenters. The number of hydrogen-bond donors (Lipinski definition) is 3. The molecule has 0 fully saturated rings. The van der Waals surface area contributed by atoms with Crippen LogP contribution in [0.3, 0.4) is 0 Å². The third kappa shape index (κ3) is 3.70. The summed E-state index contributed by atoms with van der Waals surface area (Å²) in [5.41, 5.74) is 12.2. The minimum atomic E-state index is -1.20. The molecule has 1 aromatic heterocycles. The van der Waals surface area contributed by atoms with E-state index in [1.807, 2.05) is 0 Å². The SMILES string of the molecule is Nc1ccc(-c2nc3ccccc3c(=O)n2C(=O)CCC(N)C(=O)O)cc1. The third-order valence-corrected chi connectivity index (χ3v) is 4.18. The van der Waals surface area contributed by atoms with Gasteiger partial charge in [0.25, 0.3) is 5.56 Å². The van der Waals surface area contributed by atoms with Gasteiger partial charge in [0, 0.05) is 17.7 Å². The van der Waals surface area contributed by atoms with Crippen molar-refractivity contribution < 1.29 is 14.7 Å². The molecule has 2 aromatic carbocycles. The molecule has 1 heterocycles. The summed E-state index contributed by atoms with van der Waals surface area (Å²) in [5.74, 6) is -1.60. The van der Waals surface area contributed by atoms with Crippen molar-refractivity contribution in [3.8, 4) is 11.4 Å². The molecular formula is C19H18N4O4. The highest BCUT2D eigenvalue weighted by Gasteiger charge is 2.20. The van der Waals surface area contributed by atoms with Crippen LogP contribution in [0.25, 0.3) is 22.3 Å². The molecule has 0 bridgehead atoms. The number of aromatic nitrogens is 2. The van der Waals surface area contributed by atoms with Gasteiger partial charge in [0.15, 0.2) is 0 Å². The van der Waals surface area contributed by atoms with Crippen LogP contribution in [0.4, 0.5) is 5.69 Å². The van der Waals surface area contributed by atoms with Crippen LogP contribution in [-0.2, 0) is 4.79 Å². The first-order valence-electron chi connectivity index (χ1n) is 8.28. The van der Waals surface area contributed by atoms with Crippen molar-refractivity contribution in [2.24, 2.45) is 5.73 Å². The Labute approximate surface area is 154 Å². The van der Waals surface area contributed by atoms with Crippen molar-refractivity contribution in [2.75, 3.05) is 5.73 Å². The van der Waals surface area contributed by atoms with Crippen LogP contribution in [0.1, 0.15) is 17.6 Å². The standard InChI is InChI=1S/C19H18N4O4/c20-12-7-5-11(6-8-12)17-22-15-4-2-1-3-13(15)18(25)23(17)16(24)10-9-14(21)19(26)27/h1-8,14H,9-10,20-21H2,(H,26,27). The zero-order valence-corrected chi connectivity index (χ0v) is 14.3. The number of nitrogens with two attached hydrogens (primary N) is 2. The van der Waals surface area contributed by atoms with Gasteiger partial charge in [-0.05, 0) is 42.8 Å². The quantitative estimate of drug-likeness (QED) is 0.581. The lowest BCUT2D eigenvalue weighted by Gasteiger charge is -2.13. The van der Waals surface area contributed by atoms with Gasteiger partial charge in [-0.15, -0.1) is 0 Å². The molecule has 0 aliphatic carbocycles. The lowest BCUT2D eigenvalue weighted by molar-refractivity contribution is -0.138. The Morgan fingerprint density at radius 2 is 1.78 bits per heavy atom. The summed E-state index contributed by atoms with van der Waals surface area (Å²) in [6, 6.07) is 12.1. The Kier molecular flexibility index (Phi) is 5.00. The summed E-state index contributed by atoms with van der Waals surface area (Å²) in [7, 11) is 0. The number of aliphatic carboxylic acids is 1. The number of nitrogens with zero attached hydrogens (tertiary/aromatic N) is 2. The number of hydrogen-bond acceptors (Lipinski definition) is 6. The number of carboxylic acid groups (broad SMARTS) is 1. The Morgan fingerprint density at radius 3 is 2.44 bits per heavy atom. The fourth-order valence-electron chi connectivity index (χ4n) is 2.70. The van der Waals surface area contributed by atoms with E-state index < -0.39 is 23.5 Å². The average molecular weight is 366 g/mol. The molecule has 8 heteroatoms. The summed E-state index contributed by atoms with van der Waals surface area (Å²) < 4.78 is 0.975. The minimum absolute atomic E-state index is 0.0887. The molecule has 0 aliphatic rings. The highest BCUT2D eigenvalue weighted by Crippen LogP contribution is 2.20. The normalized spacial score (nSPS) is 12.0. The second-order valence-electron chi connectivity index (χ2n) is 6.09. The van der Waals surface area contributed by atoms with E-state index in [2.05, 4.69) is 4.98 Å². The number of anilines is 1. The maximum absolute atomic E-state index is 12.9. The summed E-state index contributed by atoms with van der Waals surface area (Å²) in [4.78, 5) is 41.0. The average Bonchev–Trinajstić information content (AvgIpc) is 2.66. The monoisotopic (exact) mass is 366 g/mol. The van der Waals surface area contributed by atoms with E-state index >= 15 is 0 Å². The second kappa shape index (κ2) is 7.38. The molecule has 3 rings (SSSR count).